The Labute approximate surface area is 114 Å². The summed E-state index contributed by atoms with van der Waals surface area (Å²) in [5.41, 5.74) is -0.365. The average molecular weight is 268 g/mol. The van der Waals surface area contributed by atoms with Crippen LogP contribution in [0.25, 0.3) is 0 Å². The molecule has 1 aromatic heterocycles. The quantitative estimate of drug-likeness (QED) is 0.740. The maximum Gasteiger partial charge on any atom is 0.315 e. The number of hydrogen-bond acceptors (Lipinski definition) is 3. The predicted molar refractivity (Wildman–Crippen MR) is 73.6 cm³/mol. The second kappa shape index (κ2) is 6.61. The van der Waals surface area contributed by atoms with Gasteiger partial charge in [-0.1, -0.05) is 27.7 Å². The first kappa shape index (κ1) is 15.6. The van der Waals surface area contributed by atoms with Crippen molar-refractivity contribution in [3.05, 3.63) is 24.2 Å². The molecular weight excluding hydrogens is 244 g/mol. The molecule has 108 valence electrons. The van der Waals surface area contributed by atoms with Gasteiger partial charge in [0, 0.05) is 12.0 Å². The van der Waals surface area contributed by atoms with Crippen molar-refractivity contribution in [2.75, 3.05) is 6.54 Å². The summed E-state index contributed by atoms with van der Waals surface area (Å²) in [6.45, 7) is 8.56. The Balaban J connectivity index is 2.33. The highest BCUT2D eigenvalue weighted by Gasteiger charge is 2.30. The Hall–Kier alpha value is -1.49. The molecule has 1 atom stereocenters. The van der Waals surface area contributed by atoms with Crippen LogP contribution >= 0.6 is 0 Å². The highest BCUT2D eigenvalue weighted by molar-refractivity contribution is 5.73. The van der Waals surface area contributed by atoms with Crippen molar-refractivity contribution in [3.8, 4) is 0 Å². The van der Waals surface area contributed by atoms with E-state index < -0.39 is 6.10 Å². The van der Waals surface area contributed by atoms with E-state index in [0.717, 1.165) is 0 Å². The average Bonchev–Trinajstić information content (AvgIpc) is 2.86. The van der Waals surface area contributed by atoms with Gasteiger partial charge in [0.2, 0.25) is 0 Å². The van der Waals surface area contributed by atoms with Crippen LogP contribution in [0.1, 0.15) is 33.5 Å². The van der Waals surface area contributed by atoms with Crippen molar-refractivity contribution in [2.24, 2.45) is 11.3 Å². The number of aliphatic hydroxyl groups is 1. The van der Waals surface area contributed by atoms with Crippen molar-refractivity contribution in [2.45, 2.75) is 40.3 Å². The molecular formula is C14H24N2O3. The third kappa shape index (κ3) is 4.95. The fourth-order valence-corrected chi connectivity index (χ4v) is 1.96. The van der Waals surface area contributed by atoms with Gasteiger partial charge in [0.15, 0.2) is 0 Å². The number of amides is 2. The summed E-state index contributed by atoms with van der Waals surface area (Å²) in [7, 11) is 0. The Kier molecular flexibility index (Phi) is 5.42. The zero-order valence-electron chi connectivity index (χ0n) is 12.1. The number of carbonyl (C=O) groups is 1. The predicted octanol–water partition coefficient (Wildman–Crippen LogP) is 2.12. The lowest BCUT2D eigenvalue weighted by atomic mass is 9.81. The summed E-state index contributed by atoms with van der Waals surface area (Å²) in [6.07, 6.45) is 1.11. The molecule has 2 amide bonds. The first-order chi connectivity index (χ1) is 8.83. The lowest BCUT2D eigenvalue weighted by Crippen LogP contribution is -2.46. The van der Waals surface area contributed by atoms with E-state index in [2.05, 4.69) is 10.6 Å². The molecule has 5 nitrogen and oxygen atoms in total. The maximum absolute atomic E-state index is 11.6. The van der Waals surface area contributed by atoms with Crippen LogP contribution in [0.15, 0.2) is 22.8 Å². The van der Waals surface area contributed by atoms with E-state index in [9.17, 15) is 9.90 Å². The minimum absolute atomic E-state index is 0.156. The molecule has 3 N–H and O–H groups in total. The lowest BCUT2D eigenvalue weighted by molar-refractivity contribution is 0.0151. The van der Waals surface area contributed by atoms with Gasteiger partial charge >= 0.3 is 6.03 Å². The SMILES string of the molecule is CC(C)C(O)C(C)(C)CNC(=O)NCc1ccco1. The van der Waals surface area contributed by atoms with Crippen molar-refractivity contribution in [3.63, 3.8) is 0 Å². The van der Waals surface area contributed by atoms with Gasteiger partial charge in [0.25, 0.3) is 0 Å². The molecule has 0 bridgehead atoms. The standard InChI is InChI=1S/C14H24N2O3/c1-10(2)12(17)14(3,4)9-16-13(18)15-8-11-6-5-7-19-11/h5-7,10,12,17H,8-9H2,1-4H3,(H2,15,16,18). The van der Waals surface area contributed by atoms with Crippen molar-refractivity contribution < 1.29 is 14.3 Å². The first-order valence-electron chi connectivity index (χ1n) is 6.55. The summed E-state index contributed by atoms with van der Waals surface area (Å²) < 4.78 is 5.12. The lowest BCUT2D eigenvalue weighted by Gasteiger charge is -2.33. The largest absolute Gasteiger partial charge is 0.467 e. The normalized spacial score (nSPS) is 13.4. The summed E-state index contributed by atoms with van der Waals surface area (Å²) >= 11 is 0. The van der Waals surface area contributed by atoms with Gasteiger partial charge in [-0.05, 0) is 18.1 Å². The Morgan fingerprint density at radius 3 is 2.63 bits per heavy atom. The van der Waals surface area contributed by atoms with Crippen LogP contribution in [0.5, 0.6) is 0 Å². The van der Waals surface area contributed by atoms with Crippen molar-refractivity contribution in [1.82, 2.24) is 10.6 Å². The minimum Gasteiger partial charge on any atom is -0.467 e. The Bertz CT molecular complexity index is 385. The summed E-state index contributed by atoms with van der Waals surface area (Å²) in [5, 5.41) is 15.5. The molecule has 0 aromatic carbocycles. The van der Waals surface area contributed by atoms with Crippen LogP contribution in [0, 0.1) is 11.3 Å². The molecule has 0 aliphatic carbocycles. The van der Waals surface area contributed by atoms with E-state index in [1.54, 1.807) is 18.4 Å². The molecule has 0 aliphatic rings. The fraction of sp³-hybridized carbons (Fsp3) is 0.643. The molecule has 0 saturated heterocycles. The van der Waals surface area contributed by atoms with Crippen molar-refractivity contribution in [1.29, 1.82) is 0 Å². The van der Waals surface area contributed by atoms with Crippen LogP contribution in [0.4, 0.5) is 4.79 Å². The van der Waals surface area contributed by atoms with Gasteiger partial charge in [-0.25, -0.2) is 4.79 Å². The van der Waals surface area contributed by atoms with Gasteiger partial charge in [0.1, 0.15) is 5.76 Å². The van der Waals surface area contributed by atoms with Crippen LogP contribution in [-0.2, 0) is 6.54 Å². The van der Waals surface area contributed by atoms with Gasteiger partial charge < -0.3 is 20.2 Å². The minimum atomic E-state index is -0.460. The van der Waals surface area contributed by atoms with E-state index in [1.165, 1.54) is 0 Å². The van der Waals surface area contributed by atoms with E-state index in [0.29, 0.717) is 18.8 Å². The van der Waals surface area contributed by atoms with Crippen LogP contribution in [0.2, 0.25) is 0 Å². The topological polar surface area (TPSA) is 74.5 Å². The molecule has 1 heterocycles. The molecule has 0 radical (unpaired) electrons. The molecule has 0 aliphatic heterocycles. The molecule has 5 heteroatoms. The number of furan rings is 1. The Morgan fingerprint density at radius 2 is 2.11 bits per heavy atom. The van der Waals surface area contributed by atoms with Gasteiger partial charge in [-0.15, -0.1) is 0 Å². The number of aliphatic hydroxyl groups excluding tert-OH is 1. The zero-order chi connectivity index (χ0) is 14.5. The highest BCUT2D eigenvalue weighted by Crippen LogP contribution is 2.24. The maximum atomic E-state index is 11.6. The van der Waals surface area contributed by atoms with Gasteiger partial charge in [-0.2, -0.15) is 0 Å². The summed E-state index contributed by atoms with van der Waals surface area (Å²) in [5.74, 6) is 0.861. The van der Waals surface area contributed by atoms with Crippen LogP contribution in [-0.4, -0.2) is 23.8 Å². The number of hydrogen-bond donors (Lipinski definition) is 3. The number of rotatable bonds is 6. The summed E-state index contributed by atoms with van der Waals surface area (Å²) in [6, 6.07) is 3.31. The van der Waals surface area contributed by atoms with Gasteiger partial charge in [-0.3, -0.25) is 0 Å². The molecule has 19 heavy (non-hydrogen) atoms. The molecule has 0 spiro atoms. The first-order valence-corrected chi connectivity index (χ1v) is 6.55. The van der Waals surface area contributed by atoms with Crippen molar-refractivity contribution >= 4 is 6.03 Å². The van der Waals surface area contributed by atoms with E-state index in [-0.39, 0.29) is 17.4 Å². The van der Waals surface area contributed by atoms with Crippen LogP contribution in [0.3, 0.4) is 0 Å². The summed E-state index contributed by atoms with van der Waals surface area (Å²) in [4.78, 5) is 11.6. The third-order valence-electron chi connectivity index (χ3n) is 3.14. The van der Waals surface area contributed by atoms with E-state index >= 15 is 0 Å². The van der Waals surface area contributed by atoms with E-state index in [1.807, 2.05) is 27.7 Å². The molecule has 0 fully saturated rings. The highest BCUT2D eigenvalue weighted by atomic mass is 16.3. The number of nitrogens with one attached hydrogen (secondary N) is 2. The zero-order valence-corrected chi connectivity index (χ0v) is 12.1. The smallest absolute Gasteiger partial charge is 0.315 e. The number of carbonyl (C=O) groups excluding carboxylic acids is 1. The van der Waals surface area contributed by atoms with Crippen LogP contribution < -0.4 is 10.6 Å². The fourth-order valence-electron chi connectivity index (χ4n) is 1.96. The Morgan fingerprint density at radius 1 is 1.42 bits per heavy atom. The second-order valence-corrected chi connectivity index (χ2v) is 5.79. The molecule has 1 unspecified atom stereocenters. The van der Waals surface area contributed by atoms with E-state index in [4.69, 9.17) is 4.42 Å². The number of urea groups is 1. The second-order valence-electron chi connectivity index (χ2n) is 5.79. The third-order valence-corrected chi connectivity index (χ3v) is 3.14. The van der Waals surface area contributed by atoms with Gasteiger partial charge in [0.05, 0.1) is 18.9 Å². The monoisotopic (exact) mass is 268 g/mol. The molecule has 1 rings (SSSR count). The molecule has 1 aromatic rings. The molecule has 0 saturated carbocycles.